The van der Waals surface area contributed by atoms with Crippen LogP contribution in [0.15, 0.2) is 6.07 Å². The molecule has 0 unspecified atom stereocenters. The van der Waals surface area contributed by atoms with Crippen molar-refractivity contribution in [2.45, 2.75) is 19.2 Å². The third kappa shape index (κ3) is 2.93. The average Bonchev–Trinajstić information content (AvgIpc) is 2.37. The van der Waals surface area contributed by atoms with E-state index in [1.807, 2.05) is 0 Å². The highest BCUT2D eigenvalue weighted by Crippen LogP contribution is 2.26. The molecule has 0 bridgehead atoms. The Bertz CT molecular complexity index is 501. The van der Waals surface area contributed by atoms with Crippen LogP contribution >= 0.6 is 11.6 Å². The van der Waals surface area contributed by atoms with E-state index in [0.717, 1.165) is 6.07 Å². The van der Waals surface area contributed by atoms with Crippen LogP contribution in [0.5, 0.6) is 0 Å². The Balaban J connectivity index is 3.43. The van der Waals surface area contributed by atoms with Gasteiger partial charge in [-0.3, -0.25) is 0 Å². The van der Waals surface area contributed by atoms with Crippen molar-refractivity contribution in [3.05, 3.63) is 28.6 Å². The van der Waals surface area contributed by atoms with Crippen LogP contribution < -0.4 is 0 Å². The molecule has 0 aromatic carbocycles. The zero-order valence-electron chi connectivity index (χ0n) is 9.41. The number of aromatic nitrogens is 1. The summed E-state index contributed by atoms with van der Waals surface area (Å²) >= 11 is 5.51. The average molecular weight is 275 g/mol. The molecule has 1 aromatic rings. The molecule has 0 atom stereocenters. The first kappa shape index (κ1) is 14.3. The fourth-order valence-corrected chi connectivity index (χ4v) is 1.46. The molecule has 0 radical (unpaired) electrons. The molecule has 1 rings (SSSR count). The Hall–Kier alpha value is -1.74. The first-order chi connectivity index (χ1) is 8.54. The smallest absolute Gasteiger partial charge is 0.358 e. The largest absolute Gasteiger partial charge is 0.461 e. The minimum atomic E-state index is -2.89. The van der Waals surface area contributed by atoms with E-state index >= 15 is 0 Å². The van der Waals surface area contributed by atoms with Crippen molar-refractivity contribution in [2.75, 3.05) is 6.61 Å². The second-order valence-electron chi connectivity index (χ2n) is 3.19. The lowest BCUT2D eigenvalue weighted by molar-refractivity contribution is 0.0518. The number of hydrogen-bond donors (Lipinski definition) is 0. The number of pyridine rings is 1. The lowest BCUT2D eigenvalue weighted by Crippen LogP contribution is -2.13. The topological polar surface area (TPSA) is 63.0 Å². The number of alkyl halides is 3. The first-order valence-electron chi connectivity index (χ1n) is 5.00. The van der Waals surface area contributed by atoms with Crippen LogP contribution in [0.2, 0.25) is 0 Å². The van der Waals surface area contributed by atoms with E-state index in [-0.39, 0.29) is 18.2 Å². The second-order valence-corrected chi connectivity index (χ2v) is 3.46. The van der Waals surface area contributed by atoms with Crippen LogP contribution in [-0.4, -0.2) is 17.6 Å². The maximum atomic E-state index is 12.8. The van der Waals surface area contributed by atoms with Crippen molar-refractivity contribution in [1.82, 2.24) is 4.98 Å². The number of esters is 1. The monoisotopic (exact) mass is 274 g/mol. The summed E-state index contributed by atoms with van der Waals surface area (Å²) in [5.74, 6) is -1.06. The standard InChI is InChI=1S/C11H9ClF2N2O2/c1-2-18-11(17)9-8(5-15)7(10(13)14)3-6(4-12)16-9/h3,10H,2,4H2,1H3. The van der Waals surface area contributed by atoms with Crippen LogP contribution in [-0.2, 0) is 10.6 Å². The molecule has 0 aliphatic heterocycles. The highest BCUT2D eigenvalue weighted by molar-refractivity contribution is 6.16. The Morgan fingerprint density at radius 2 is 2.33 bits per heavy atom. The number of ether oxygens (including phenoxy) is 1. The van der Waals surface area contributed by atoms with Crippen LogP contribution in [0.4, 0.5) is 8.78 Å². The lowest BCUT2D eigenvalue weighted by Gasteiger charge is -2.09. The predicted molar refractivity (Wildman–Crippen MR) is 59.4 cm³/mol. The summed E-state index contributed by atoms with van der Waals surface area (Å²) in [4.78, 5) is 15.3. The molecule has 0 fully saturated rings. The number of carbonyl (C=O) groups excluding carboxylic acids is 1. The summed E-state index contributed by atoms with van der Waals surface area (Å²) in [6.07, 6.45) is -2.89. The molecule has 1 aromatic heterocycles. The number of halogens is 3. The van der Waals surface area contributed by atoms with E-state index in [1.54, 1.807) is 13.0 Å². The molecule has 96 valence electrons. The number of rotatable bonds is 4. The molecule has 0 saturated heterocycles. The van der Waals surface area contributed by atoms with Crippen molar-refractivity contribution in [1.29, 1.82) is 5.26 Å². The van der Waals surface area contributed by atoms with E-state index in [9.17, 15) is 13.6 Å². The van der Waals surface area contributed by atoms with E-state index in [0.29, 0.717) is 0 Å². The van der Waals surface area contributed by atoms with Gasteiger partial charge >= 0.3 is 5.97 Å². The zero-order valence-corrected chi connectivity index (χ0v) is 10.2. The molecule has 0 spiro atoms. The number of nitriles is 1. The van der Waals surface area contributed by atoms with Gasteiger partial charge in [0.15, 0.2) is 5.69 Å². The van der Waals surface area contributed by atoms with Gasteiger partial charge in [0.1, 0.15) is 6.07 Å². The maximum absolute atomic E-state index is 12.8. The number of hydrogen-bond acceptors (Lipinski definition) is 4. The highest BCUT2D eigenvalue weighted by Gasteiger charge is 2.23. The normalized spacial score (nSPS) is 10.2. The molecule has 1 heterocycles. The Morgan fingerprint density at radius 3 is 2.78 bits per heavy atom. The van der Waals surface area contributed by atoms with Gasteiger partial charge in [-0.25, -0.2) is 18.6 Å². The van der Waals surface area contributed by atoms with Crippen molar-refractivity contribution < 1.29 is 18.3 Å². The maximum Gasteiger partial charge on any atom is 0.358 e. The fourth-order valence-electron chi connectivity index (χ4n) is 1.33. The summed E-state index contributed by atoms with van der Waals surface area (Å²) in [7, 11) is 0. The van der Waals surface area contributed by atoms with Gasteiger partial charge in [-0.2, -0.15) is 5.26 Å². The number of nitrogens with zero attached hydrogens (tertiary/aromatic N) is 2. The Morgan fingerprint density at radius 1 is 1.67 bits per heavy atom. The van der Waals surface area contributed by atoms with Gasteiger partial charge in [-0.1, -0.05) is 0 Å². The molecule has 7 heteroatoms. The van der Waals surface area contributed by atoms with Crippen LogP contribution in [0, 0.1) is 11.3 Å². The van der Waals surface area contributed by atoms with Gasteiger partial charge in [0, 0.05) is 5.56 Å². The van der Waals surface area contributed by atoms with Gasteiger partial charge in [0.2, 0.25) is 0 Å². The number of carbonyl (C=O) groups is 1. The third-order valence-corrected chi connectivity index (χ3v) is 2.33. The van der Waals surface area contributed by atoms with E-state index in [2.05, 4.69) is 9.72 Å². The molecule has 0 aliphatic rings. The first-order valence-corrected chi connectivity index (χ1v) is 5.53. The Labute approximate surface area is 107 Å². The van der Waals surface area contributed by atoms with Crippen molar-refractivity contribution in [2.24, 2.45) is 0 Å². The fraction of sp³-hybridized carbons (Fsp3) is 0.364. The zero-order chi connectivity index (χ0) is 13.7. The molecular weight excluding hydrogens is 266 g/mol. The molecular formula is C11H9ClF2N2O2. The summed E-state index contributed by atoms with van der Waals surface area (Å²) < 4.78 is 30.2. The second kappa shape index (κ2) is 6.26. The molecule has 0 aliphatic carbocycles. The summed E-state index contributed by atoms with van der Waals surface area (Å²) in [6.45, 7) is 1.61. The molecule has 4 nitrogen and oxygen atoms in total. The predicted octanol–water partition coefficient (Wildman–Crippen LogP) is 2.81. The van der Waals surface area contributed by atoms with Crippen molar-refractivity contribution in [3.63, 3.8) is 0 Å². The van der Waals surface area contributed by atoms with Crippen LogP contribution in [0.25, 0.3) is 0 Å². The molecule has 18 heavy (non-hydrogen) atoms. The summed E-state index contributed by atoms with van der Waals surface area (Å²) in [5, 5.41) is 8.86. The van der Waals surface area contributed by atoms with Crippen molar-refractivity contribution >= 4 is 17.6 Å². The van der Waals surface area contributed by atoms with Crippen LogP contribution in [0.1, 0.15) is 40.7 Å². The van der Waals surface area contributed by atoms with E-state index in [4.69, 9.17) is 16.9 Å². The van der Waals surface area contributed by atoms with Gasteiger partial charge < -0.3 is 4.74 Å². The van der Waals surface area contributed by atoms with Gasteiger partial charge in [-0.15, -0.1) is 11.6 Å². The van der Waals surface area contributed by atoms with Gasteiger partial charge in [0.25, 0.3) is 6.43 Å². The highest BCUT2D eigenvalue weighted by atomic mass is 35.5. The van der Waals surface area contributed by atoms with Crippen molar-refractivity contribution in [3.8, 4) is 6.07 Å². The van der Waals surface area contributed by atoms with E-state index < -0.39 is 29.2 Å². The van der Waals surface area contributed by atoms with Gasteiger partial charge in [0.05, 0.1) is 23.7 Å². The quantitative estimate of drug-likeness (QED) is 0.625. The molecule has 0 saturated carbocycles. The van der Waals surface area contributed by atoms with Crippen LogP contribution in [0.3, 0.4) is 0 Å². The third-order valence-electron chi connectivity index (χ3n) is 2.06. The molecule has 0 amide bonds. The summed E-state index contributed by atoms with van der Waals surface area (Å²) in [6, 6.07) is 2.56. The van der Waals surface area contributed by atoms with E-state index in [1.165, 1.54) is 0 Å². The minimum Gasteiger partial charge on any atom is -0.461 e. The molecule has 0 N–H and O–H groups in total. The Kier molecular flexibility index (Phi) is 4.98. The summed E-state index contributed by atoms with van der Waals surface area (Å²) in [5.41, 5.74) is -1.37. The SMILES string of the molecule is CCOC(=O)c1nc(CCl)cc(C(F)F)c1C#N. The van der Waals surface area contributed by atoms with Gasteiger partial charge in [-0.05, 0) is 13.0 Å². The lowest BCUT2D eigenvalue weighted by atomic mass is 10.1. The minimum absolute atomic E-state index is 0.0560.